The van der Waals surface area contributed by atoms with E-state index in [4.69, 9.17) is 38.0 Å². The second-order valence-corrected chi connectivity index (χ2v) is 8.34. The van der Waals surface area contributed by atoms with Crippen molar-refractivity contribution in [3.8, 4) is 11.5 Å². The third-order valence-electron chi connectivity index (χ3n) is 4.08. The molecule has 0 radical (unpaired) electrons. The van der Waals surface area contributed by atoms with Gasteiger partial charge in [-0.15, -0.1) is 0 Å². The normalized spacial score (nSPS) is 14.8. The number of thioether (sulfide) groups is 1. The van der Waals surface area contributed by atoms with Crippen LogP contribution in [-0.4, -0.2) is 36.0 Å². The Hall–Kier alpha value is -2.55. The summed E-state index contributed by atoms with van der Waals surface area (Å²) in [7, 11) is 0. The lowest BCUT2D eigenvalue weighted by Gasteiger charge is -2.14. The van der Waals surface area contributed by atoms with Crippen LogP contribution in [0.15, 0.2) is 47.4 Å². The number of anilines is 1. The molecule has 0 N–H and O–H groups in total. The van der Waals surface area contributed by atoms with Crippen LogP contribution in [0, 0.1) is 0 Å². The van der Waals surface area contributed by atoms with Gasteiger partial charge in [-0.05, 0) is 55.8 Å². The molecule has 0 atom stereocenters. The van der Waals surface area contributed by atoms with Gasteiger partial charge in [0, 0.05) is 5.02 Å². The Labute approximate surface area is 195 Å². The van der Waals surface area contributed by atoms with Crippen LogP contribution in [0.3, 0.4) is 0 Å². The highest BCUT2D eigenvalue weighted by Crippen LogP contribution is 2.37. The number of hydrogen-bond acceptors (Lipinski definition) is 7. The first kappa shape index (κ1) is 23.1. The fraction of sp³-hybridized carbons (Fsp3) is 0.227. The highest BCUT2D eigenvalue weighted by molar-refractivity contribution is 8.27. The summed E-state index contributed by atoms with van der Waals surface area (Å²) < 4.78 is 16.5. The van der Waals surface area contributed by atoms with Crippen LogP contribution in [0.5, 0.6) is 11.5 Å². The van der Waals surface area contributed by atoms with Gasteiger partial charge < -0.3 is 14.2 Å². The van der Waals surface area contributed by atoms with Gasteiger partial charge in [-0.2, -0.15) is 0 Å². The van der Waals surface area contributed by atoms with Crippen molar-refractivity contribution in [2.75, 3.05) is 24.7 Å². The number of thiocarbonyl (C=S) groups is 1. The van der Waals surface area contributed by atoms with E-state index >= 15 is 0 Å². The highest BCUT2D eigenvalue weighted by Gasteiger charge is 2.33. The van der Waals surface area contributed by atoms with Crippen molar-refractivity contribution < 1.29 is 23.8 Å². The SMILES string of the molecule is CCOC(=O)COc1ccc(/C=C2/SC(=S)N(c3cccc(Cl)c3)C2=O)cc1OCC. The van der Waals surface area contributed by atoms with Gasteiger partial charge in [0.2, 0.25) is 0 Å². The lowest BCUT2D eigenvalue weighted by molar-refractivity contribution is -0.145. The Kier molecular flexibility index (Phi) is 7.95. The Balaban J connectivity index is 1.82. The Morgan fingerprint density at radius 3 is 2.65 bits per heavy atom. The first-order valence-corrected chi connectivity index (χ1v) is 11.1. The monoisotopic (exact) mass is 477 g/mol. The van der Waals surface area contributed by atoms with E-state index in [9.17, 15) is 9.59 Å². The van der Waals surface area contributed by atoms with Gasteiger partial charge in [-0.3, -0.25) is 9.69 Å². The number of carbonyl (C=O) groups is 2. The summed E-state index contributed by atoms with van der Waals surface area (Å²) in [4.78, 5) is 26.4. The van der Waals surface area contributed by atoms with Gasteiger partial charge in [-0.25, -0.2) is 4.79 Å². The van der Waals surface area contributed by atoms with E-state index in [0.29, 0.717) is 38.0 Å². The minimum Gasteiger partial charge on any atom is -0.490 e. The van der Waals surface area contributed by atoms with Crippen molar-refractivity contribution in [3.05, 3.63) is 58.0 Å². The molecule has 2 aromatic carbocycles. The number of ether oxygens (including phenoxy) is 3. The summed E-state index contributed by atoms with van der Waals surface area (Å²) in [6, 6.07) is 12.2. The average molecular weight is 478 g/mol. The van der Waals surface area contributed by atoms with Crippen molar-refractivity contribution in [2.45, 2.75) is 13.8 Å². The Morgan fingerprint density at radius 2 is 1.94 bits per heavy atom. The molecule has 0 bridgehead atoms. The quantitative estimate of drug-likeness (QED) is 0.298. The van der Waals surface area contributed by atoms with Crippen molar-refractivity contribution in [1.29, 1.82) is 0 Å². The van der Waals surface area contributed by atoms with Crippen LogP contribution in [0.25, 0.3) is 6.08 Å². The second-order valence-electron chi connectivity index (χ2n) is 6.23. The van der Waals surface area contributed by atoms with E-state index in [1.807, 2.05) is 6.92 Å². The zero-order valence-electron chi connectivity index (χ0n) is 16.9. The summed E-state index contributed by atoms with van der Waals surface area (Å²) in [6.45, 7) is 4.06. The van der Waals surface area contributed by atoms with Crippen LogP contribution < -0.4 is 14.4 Å². The maximum absolute atomic E-state index is 12.9. The molecule has 0 aromatic heterocycles. The van der Waals surface area contributed by atoms with Gasteiger partial charge in [0.05, 0.1) is 23.8 Å². The maximum atomic E-state index is 12.9. The zero-order chi connectivity index (χ0) is 22.4. The van der Waals surface area contributed by atoms with Crippen LogP contribution >= 0.6 is 35.6 Å². The summed E-state index contributed by atoms with van der Waals surface area (Å²) in [5.41, 5.74) is 1.36. The average Bonchev–Trinajstić information content (AvgIpc) is 3.01. The van der Waals surface area contributed by atoms with Gasteiger partial charge in [0.15, 0.2) is 22.4 Å². The maximum Gasteiger partial charge on any atom is 0.344 e. The standard InChI is InChI=1S/C22H20ClNO5S2/c1-3-27-18-10-14(8-9-17(18)29-13-20(25)28-4-2)11-19-21(26)24(22(30)31-19)16-7-5-6-15(23)12-16/h5-12H,3-4,13H2,1-2H3/b19-11+. The smallest absolute Gasteiger partial charge is 0.344 e. The van der Waals surface area contributed by atoms with Crippen molar-refractivity contribution >= 4 is 63.5 Å². The molecule has 1 aliphatic heterocycles. The van der Waals surface area contributed by atoms with E-state index in [2.05, 4.69) is 0 Å². The van der Waals surface area contributed by atoms with Gasteiger partial charge in [-0.1, -0.05) is 47.7 Å². The van der Waals surface area contributed by atoms with E-state index in [-0.39, 0.29) is 19.1 Å². The Bertz CT molecular complexity index is 1040. The molecule has 1 heterocycles. The van der Waals surface area contributed by atoms with E-state index in [1.165, 1.54) is 16.7 Å². The van der Waals surface area contributed by atoms with Gasteiger partial charge >= 0.3 is 5.97 Å². The number of halogens is 1. The molecule has 9 heteroatoms. The molecule has 0 spiro atoms. The summed E-state index contributed by atoms with van der Waals surface area (Å²) in [5.74, 6) is 0.195. The van der Waals surface area contributed by atoms with E-state index < -0.39 is 5.97 Å². The number of hydrogen-bond donors (Lipinski definition) is 0. The summed E-state index contributed by atoms with van der Waals surface area (Å²) in [6.07, 6.45) is 1.74. The summed E-state index contributed by atoms with van der Waals surface area (Å²) >= 11 is 12.7. The summed E-state index contributed by atoms with van der Waals surface area (Å²) in [5, 5.41) is 0.523. The number of nitrogens with zero attached hydrogens (tertiary/aromatic N) is 1. The molecule has 1 fully saturated rings. The molecule has 0 unspecified atom stereocenters. The lowest BCUT2D eigenvalue weighted by Crippen LogP contribution is -2.27. The van der Waals surface area contributed by atoms with Crippen molar-refractivity contribution in [2.24, 2.45) is 0 Å². The lowest BCUT2D eigenvalue weighted by atomic mass is 10.1. The fourth-order valence-electron chi connectivity index (χ4n) is 2.80. The minimum atomic E-state index is -0.460. The molecule has 162 valence electrons. The molecular formula is C22H20ClNO5S2. The van der Waals surface area contributed by atoms with Gasteiger partial charge in [0.1, 0.15) is 0 Å². The number of rotatable bonds is 8. The van der Waals surface area contributed by atoms with Crippen molar-refractivity contribution in [3.63, 3.8) is 0 Å². The Morgan fingerprint density at radius 1 is 1.13 bits per heavy atom. The molecule has 1 aliphatic rings. The molecule has 6 nitrogen and oxygen atoms in total. The van der Waals surface area contributed by atoms with E-state index in [1.54, 1.807) is 55.5 Å². The first-order chi connectivity index (χ1) is 14.9. The topological polar surface area (TPSA) is 65.1 Å². The largest absolute Gasteiger partial charge is 0.490 e. The number of benzene rings is 2. The molecular weight excluding hydrogens is 458 g/mol. The predicted octanol–water partition coefficient (Wildman–Crippen LogP) is 5.09. The van der Waals surface area contributed by atoms with Crippen LogP contribution in [0.2, 0.25) is 5.02 Å². The molecule has 1 saturated heterocycles. The molecule has 31 heavy (non-hydrogen) atoms. The fourth-order valence-corrected chi connectivity index (χ4v) is 4.28. The molecule has 1 amide bonds. The zero-order valence-corrected chi connectivity index (χ0v) is 19.3. The third-order valence-corrected chi connectivity index (χ3v) is 5.61. The van der Waals surface area contributed by atoms with Crippen molar-refractivity contribution in [1.82, 2.24) is 0 Å². The predicted molar refractivity (Wildman–Crippen MR) is 127 cm³/mol. The first-order valence-electron chi connectivity index (χ1n) is 9.51. The highest BCUT2D eigenvalue weighted by atomic mass is 35.5. The molecule has 0 saturated carbocycles. The second kappa shape index (κ2) is 10.7. The van der Waals surface area contributed by atoms with Crippen LogP contribution in [0.4, 0.5) is 5.69 Å². The number of amides is 1. The third kappa shape index (κ3) is 5.78. The van der Waals surface area contributed by atoms with Crippen LogP contribution in [-0.2, 0) is 14.3 Å². The number of carbonyl (C=O) groups excluding carboxylic acids is 2. The van der Waals surface area contributed by atoms with Crippen LogP contribution in [0.1, 0.15) is 19.4 Å². The molecule has 3 rings (SSSR count). The van der Waals surface area contributed by atoms with E-state index in [0.717, 1.165) is 5.56 Å². The molecule has 2 aromatic rings. The number of esters is 1. The minimum absolute atomic E-state index is 0.217. The van der Waals surface area contributed by atoms with Gasteiger partial charge in [0.25, 0.3) is 5.91 Å². The molecule has 0 aliphatic carbocycles.